The van der Waals surface area contributed by atoms with E-state index < -0.39 is 10.9 Å². The van der Waals surface area contributed by atoms with Crippen LogP contribution in [-0.4, -0.2) is 62.6 Å². The number of halogens is 1. The van der Waals surface area contributed by atoms with Gasteiger partial charge in [0.2, 0.25) is 16.8 Å². The largest absolute Gasteiger partial charge is 0.494 e. The van der Waals surface area contributed by atoms with Gasteiger partial charge in [-0.25, -0.2) is 18.1 Å². The van der Waals surface area contributed by atoms with Gasteiger partial charge in [-0.15, -0.1) is 0 Å². The molecule has 0 spiro atoms. The maximum absolute atomic E-state index is 11.0. The second-order valence-corrected chi connectivity index (χ2v) is 10.4. The highest BCUT2D eigenvalue weighted by atomic mass is 35.5. The van der Waals surface area contributed by atoms with Crippen LogP contribution in [-0.2, 0) is 23.7 Å². The number of ether oxygens (including phenoxy) is 1. The zero-order valence-corrected chi connectivity index (χ0v) is 22.0. The smallest absolute Gasteiger partial charge is 0.229 e. The van der Waals surface area contributed by atoms with Crippen molar-refractivity contribution < 1.29 is 13.2 Å². The number of rotatable bonds is 9. The third-order valence-corrected chi connectivity index (χ3v) is 7.81. The zero-order chi connectivity index (χ0) is 24.8. The minimum absolute atomic E-state index is 0.0787. The van der Waals surface area contributed by atoms with Gasteiger partial charge in [0, 0.05) is 31.2 Å². The summed E-state index contributed by atoms with van der Waals surface area (Å²) in [5.74, 6) is 1.97. The van der Waals surface area contributed by atoms with Gasteiger partial charge >= 0.3 is 0 Å². The van der Waals surface area contributed by atoms with Crippen molar-refractivity contribution in [2.45, 2.75) is 51.5 Å². The van der Waals surface area contributed by atoms with Crippen LogP contribution in [0.25, 0.3) is 0 Å². The van der Waals surface area contributed by atoms with E-state index in [1.807, 2.05) is 6.07 Å². The monoisotopic (exact) mass is 522 g/mol. The van der Waals surface area contributed by atoms with Crippen molar-refractivity contribution in [3.05, 3.63) is 34.5 Å². The minimum atomic E-state index is -2.61. The Morgan fingerprint density at radius 1 is 1.20 bits per heavy atom. The van der Waals surface area contributed by atoms with Gasteiger partial charge in [-0.1, -0.05) is 37.4 Å². The molecule has 4 rings (SSSR count). The summed E-state index contributed by atoms with van der Waals surface area (Å²) in [5.41, 5.74) is 3.37. The van der Waals surface area contributed by atoms with Crippen LogP contribution in [0.4, 0.5) is 17.5 Å². The molecule has 0 radical (unpaired) electrons. The Labute approximate surface area is 214 Å². The summed E-state index contributed by atoms with van der Waals surface area (Å²) >= 11 is 6.44. The number of anilines is 3. The molecule has 1 aliphatic heterocycles. The Balaban J connectivity index is 1.53. The van der Waals surface area contributed by atoms with Gasteiger partial charge in [0.15, 0.2) is 5.82 Å². The van der Waals surface area contributed by atoms with E-state index in [1.165, 1.54) is 11.1 Å². The first-order chi connectivity index (χ1) is 17.0. The van der Waals surface area contributed by atoms with E-state index in [-0.39, 0.29) is 12.0 Å². The summed E-state index contributed by atoms with van der Waals surface area (Å²) in [4.78, 5) is 11.5. The summed E-state index contributed by atoms with van der Waals surface area (Å²) in [7, 11) is -0.911. The third-order valence-electron chi connectivity index (χ3n) is 7.09. The summed E-state index contributed by atoms with van der Waals surface area (Å²) < 4.78 is 30.4. The van der Waals surface area contributed by atoms with Crippen LogP contribution in [0.2, 0.25) is 5.02 Å². The lowest BCUT2D eigenvalue weighted by atomic mass is 9.84. The summed E-state index contributed by atoms with van der Waals surface area (Å²) in [6.45, 7) is 5.71. The lowest BCUT2D eigenvalue weighted by molar-refractivity contribution is 0.302. The highest BCUT2D eigenvalue weighted by Crippen LogP contribution is 2.36. The van der Waals surface area contributed by atoms with Crippen LogP contribution in [0, 0.1) is 5.92 Å². The fraction of sp³-hybridized carbons (Fsp3) is 0.583. The van der Waals surface area contributed by atoms with Crippen molar-refractivity contribution in [3.8, 4) is 5.75 Å². The van der Waals surface area contributed by atoms with Gasteiger partial charge in [0.1, 0.15) is 10.8 Å². The molecule has 0 unspecified atom stereocenters. The van der Waals surface area contributed by atoms with Gasteiger partial charge in [0.25, 0.3) is 0 Å². The first kappa shape index (κ1) is 25.9. The Morgan fingerprint density at radius 2 is 2.00 bits per heavy atom. The van der Waals surface area contributed by atoms with Gasteiger partial charge in [-0.2, -0.15) is 4.98 Å². The van der Waals surface area contributed by atoms with E-state index in [2.05, 4.69) is 43.2 Å². The molecule has 9 nitrogen and oxygen atoms in total. The van der Waals surface area contributed by atoms with E-state index in [9.17, 15) is 8.42 Å². The number of nitrogens with one attached hydrogen (secondary N) is 3. The minimum Gasteiger partial charge on any atom is -0.494 e. The van der Waals surface area contributed by atoms with Crippen LogP contribution in [0.5, 0.6) is 5.75 Å². The summed E-state index contributed by atoms with van der Waals surface area (Å²) in [5, 5.41) is 7.20. The first-order valence-electron chi connectivity index (χ1n) is 12.3. The molecule has 2 atom stereocenters. The van der Waals surface area contributed by atoms with Gasteiger partial charge in [0.05, 0.1) is 19.0 Å². The molecule has 0 bridgehead atoms. The standard InChI is InChI=1S/C24H35ClN6O3S/c1-3-31-12-10-16-8-9-21(22(34-2)18(16)11-13-31)29-24-26-15-19(25)23(30-24)28-20-7-5-4-6-17(20)14-27-35(32)33/h8-9,15,17,20,35H,3-7,10-14H2,1-2H3,(H,27,32,33)(H2,26,28,29,30)/t17-,20-/m1/s1. The number of benzene rings is 1. The predicted molar refractivity (Wildman–Crippen MR) is 141 cm³/mol. The van der Waals surface area contributed by atoms with Crippen LogP contribution >= 0.6 is 11.6 Å². The number of fused-ring (bicyclic) bond motifs is 1. The molecule has 11 heteroatoms. The third kappa shape index (κ3) is 6.55. The zero-order valence-electron chi connectivity index (χ0n) is 20.3. The fourth-order valence-corrected chi connectivity index (χ4v) is 5.67. The highest BCUT2D eigenvalue weighted by Gasteiger charge is 2.26. The number of aromatic nitrogens is 2. The molecule has 2 aromatic rings. The molecule has 0 amide bonds. The molecule has 1 aliphatic carbocycles. The molecule has 3 N–H and O–H groups in total. The van der Waals surface area contributed by atoms with Crippen LogP contribution in [0.15, 0.2) is 18.3 Å². The number of methoxy groups -OCH3 is 1. The molecule has 0 saturated heterocycles. The van der Waals surface area contributed by atoms with Gasteiger partial charge < -0.3 is 20.3 Å². The second-order valence-electron chi connectivity index (χ2n) is 9.15. The maximum Gasteiger partial charge on any atom is 0.229 e. The van der Waals surface area contributed by atoms with E-state index >= 15 is 0 Å². The van der Waals surface area contributed by atoms with E-state index in [0.717, 1.165) is 69.6 Å². The first-order valence-corrected chi connectivity index (χ1v) is 13.9. The van der Waals surface area contributed by atoms with Crippen molar-refractivity contribution in [2.75, 3.05) is 43.9 Å². The van der Waals surface area contributed by atoms with Gasteiger partial charge in [-0.05, 0) is 49.8 Å². The molecule has 1 saturated carbocycles. The van der Waals surface area contributed by atoms with Crippen molar-refractivity contribution in [1.29, 1.82) is 0 Å². The SMILES string of the molecule is CCN1CCc2ccc(Nc3ncc(Cl)c(N[C@@H]4CCCC[C@@H]4CN[SH](=O)=O)n3)c(OC)c2CC1. The maximum atomic E-state index is 11.0. The van der Waals surface area contributed by atoms with Gasteiger partial charge in [-0.3, -0.25) is 0 Å². The molecule has 1 fully saturated rings. The van der Waals surface area contributed by atoms with Crippen molar-refractivity contribution in [2.24, 2.45) is 5.92 Å². The van der Waals surface area contributed by atoms with Crippen molar-refractivity contribution in [1.82, 2.24) is 19.6 Å². The molecule has 35 heavy (non-hydrogen) atoms. The molecule has 2 aliphatic rings. The highest BCUT2D eigenvalue weighted by molar-refractivity contribution is 7.70. The number of nitrogens with zero attached hydrogens (tertiary/aromatic N) is 3. The second kappa shape index (κ2) is 12.2. The molecule has 192 valence electrons. The predicted octanol–water partition coefficient (Wildman–Crippen LogP) is 3.39. The van der Waals surface area contributed by atoms with E-state index in [4.69, 9.17) is 16.3 Å². The van der Waals surface area contributed by atoms with Crippen molar-refractivity contribution >= 4 is 39.9 Å². The van der Waals surface area contributed by atoms with E-state index in [1.54, 1.807) is 13.3 Å². The van der Waals surface area contributed by atoms with Crippen LogP contribution in [0.3, 0.4) is 0 Å². The fourth-order valence-electron chi connectivity index (χ4n) is 5.14. The molecule has 1 aromatic heterocycles. The Kier molecular flexibility index (Phi) is 9.04. The van der Waals surface area contributed by atoms with Crippen LogP contribution < -0.4 is 20.1 Å². The summed E-state index contributed by atoms with van der Waals surface area (Å²) in [6.07, 6.45) is 7.55. The number of hydrogen-bond donors (Lipinski definition) is 4. The normalized spacial score (nSPS) is 20.8. The summed E-state index contributed by atoms with van der Waals surface area (Å²) in [6, 6.07) is 4.27. The number of hydrogen-bond acceptors (Lipinski definition) is 8. The van der Waals surface area contributed by atoms with Crippen molar-refractivity contribution in [3.63, 3.8) is 0 Å². The molecular weight excluding hydrogens is 488 g/mol. The topological polar surface area (TPSA) is 108 Å². The number of likely N-dealkylation sites (N-methyl/N-ethyl adjacent to an activating group) is 1. The van der Waals surface area contributed by atoms with Crippen LogP contribution in [0.1, 0.15) is 43.7 Å². The Bertz CT molecular complexity index is 1090. The Morgan fingerprint density at radius 3 is 2.77 bits per heavy atom. The number of thiol groups is 1. The molecular formula is C24H35ClN6O3S. The molecule has 2 heterocycles. The quantitative estimate of drug-likeness (QED) is 0.371. The average Bonchev–Trinajstić information content (AvgIpc) is 3.07. The molecule has 1 aromatic carbocycles. The Hall–Kier alpha value is -2.14. The lowest BCUT2D eigenvalue weighted by Crippen LogP contribution is -2.38. The van der Waals surface area contributed by atoms with E-state index in [0.29, 0.717) is 23.3 Å². The lowest BCUT2D eigenvalue weighted by Gasteiger charge is -2.32. The average molecular weight is 523 g/mol.